The number of pyridine rings is 1. The third-order valence-corrected chi connectivity index (χ3v) is 7.11. The average molecular weight is 580 g/mol. The van der Waals surface area contributed by atoms with E-state index in [1.54, 1.807) is 26.0 Å². The molecule has 1 aliphatic carbocycles. The van der Waals surface area contributed by atoms with E-state index < -0.39 is 35.4 Å². The molecule has 11 heteroatoms. The normalized spacial score (nSPS) is 15.3. The van der Waals surface area contributed by atoms with Gasteiger partial charge in [0, 0.05) is 23.2 Å². The Morgan fingerprint density at radius 1 is 1.07 bits per heavy atom. The Labute approximate surface area is 234 Å². The van der Waals surface area contributed by atoms with Crippen molar-refractivity contribution in [1.29, 1.82) is 0 Å². The average Bonchev–Trinajstić information content (AvgIpc) is 3.71. The van der Waals surface area contributed by atoms with E-state index in [0.717, 1.165) is 25.8 Å². The zero-order valence-electron chi connectivity index (χ0n) is 22.5. The molecule has 1 aliphatic rings. The van der Waals surface area contributed by atoms with Gasteiger partial charge in [0.05, 0.1) is 29.6 Å². The number of amides is 1. The van der Waals surface area contributed by atoms with Crippen LogP contribution in [0.15, 0.2) is 48.5 Å². The second-order valence-electron chi connectivity index (χ2n) is 10.7. The Morgan fingerprint density at radius 3 is 2.35 bits per heavy atom. The van der Waals surface area contributed by atoms with Crippen LogP contribution in [0.25, 0.3) is 11.3 Å². The minimum atomic E-state index is -4.82. The summed E-state index contributed by atoms with van der Waals surface area (Å²) in [5.74, 6) is -0.638. The monoisotopic (exact) mass is 579 g/mol. The molecule has 1 aromatic heterocycles. The first-order valence-electron chi connectivity index (χ1n) is 12.6. The minimum Gasteiger partial charge on any atom is -0.493 e. The van der Waals surface area contributed by atoms with Crippen molar-refractivity contribution < 1.29 is 31.8 Å². The fourth-order valence-corrected chi connectivity index (χ4v) is 4.14. The minimum absolute atomic E-state index is 0.0960. The number of benzene rings is 2. The second-order valence-corrected chi connectivity index (χ2v) is 11.1. The molecule has 1 heterocycles. The first-order valence-corrected chi connectivity index (χ1v) is 13.0. The zero-order valence-corrected chi connectivity index (χ0v) is 23.2. The molecule has 2 aromatic carbocycles. The fraction of sp³-hybridized carbons (Fsp3) is 0.379. The quantitative estimate of drug-likeness (QED) is 0.281. The molecule has 1 atom stereocenters. The summed E-state index contributed by atoms with van der Waals surface area (Å²) in [5.41, 5.74) is 3.17. The maximum absolute atomic E-state index is 14.7. The van der Waals surface area contributed by atoms with Gasteiger partial charge in [-0.3, -0.25) is 9.78 Å². The number of carbonyl (C=O) groups is 1. The lowest BCUT2D eigenvalue weighted by Crippen LogP contribution is -2.49. The van der Waals surface area contributed by atoms with Crippen molar-refractivity contribution in [2.24, 2.45) is 5.73 Å². The number of nitrogens with zero attached hydrogens (tertiary/aromatic N) is 1. The number of nitrogens with two attached hydrogens (primary N) is 1. The van der Waals surface area contributed by atoms with Crippen LogP contribution >= 0.6 is 11.6 Å². The van der Waals surface area contributed by atoms with Gasteiger partial charge in [0.25, 0.3) is 5.91 Å². The van der Waals surface area contributed by atoms with Crippen LogP contribution in [0.4, 0.5) is 17.6 Å². The predicted molar refractivity (Wildman–Crippen MR) is 144 cm³/mol. The van der Waals surface area contributed by atoms with E-state index in [1.165, 1.54) is 37.4 Å². The second kappa shape index (κ2) is 10.9. The standard InChI is InChI=1S/C29H30ClF4N3O3/c1-27(2,35)18-13-22(16-5-9-21(31)20(30)11-16)37-25(14-18)28(3,29(32,33)34)15-36-26(38)17-6-10-23(24(12-17)39-4)40-19-7-8-19/h5-6,9-14,19H,7-8,15,35H2,1-4H3,(H,36,38). The Hall–Kier alpha value is -3.37. The molecule has 0 aliphatic heterocycles. The van der Waals surface area contributed by atoms with Crippen molar-refractivity contribution in [2.45, 2.75) is 56.8 Å². The molecule has 1 amide bonds. The molecule has 214 valence electrons. The first-order chi connectivity index (χ1) is 18.6. The molecule has 0 saturated heterocycles. The van der Waals surface area contributed by atoms with Crippen molar-refractivity contribution >= 4 is 17.5 Å². The number of hydrogen-bond acceptors (Lipinski definition) is 5. The van der Waals surface area contributed by atoms with Crippen molar-refractivity contribution in [1.82, 2.24) is 10.3 Å². The largest absolute Gasteiger partial charge is 0.493 e. The Balaban J connectivity index is 1.69. The van der Waals surface area contributed by atoms with Gasteiger partial charge in [-0.1, -0.05) is 11.6 Å². The summed E-state index contributed by atoms with van der Waals surface area (Å²) in [5, 5.41) is 2.20. The molecule has 1 saturated carbocycles. The van der Waals surface area contributed by atoms with E-state index >= 15 is 0 Å². The molecular formula is C29H30ClF4N3O3. The highest BCUT2D eigenvalue weighted by Crippen LogP contribution is 2.42. The number of carbonyl (C=O) groups excluding carboxylic acids is 1. The molecule has 0 spiro atoms. The van der Waals surface area contributed by atoms with Gasteiger partial charge in [0.2, 0.25) is 0 Å². The van der Waals surface area contributed by atoms with Gasteiger partial charge in [-0.15, -0.1) is 0 Å². The highest BCUT2D eigenvalue weighted by atomic mass is 35.5. The smallest absolute Gasteiger partial charge is 0.401 e. The molecule has 3 aromatic rings. The summed E-state index contributed by atoms with van der Waals surface area (Å²) in [4.78, 5) is 17.3. The number of nitrogens with one attached hydrogen (secondary N) is 1. The van der Waals surface area contributed by atoms with Crippen LogP contribution < -0.4 is 20.5 Å². The lowest BCUT2D eigenvalue weighted by molar-refractivity contribution is -0.184. The molecule has 1 fully saturated rings. The summed E-state index contributed by atoms with van der Waals surface area (Å²) >= 11 is 5.93. The molecule has 40 heavy (non-hydrogen) atoms. The summed E-state index contributed by atoms with van der Waals surface area (Å²) in [7, 11) is 1.42. The molecule has 4 rings (SSSR count). The van der Waals surface area contributed by atoms with Crippen molar-refractivity contribution in [3.8, 4) is 22.8 Å². The van der Waals surface area contributed by atoms with E-state index in [1.807, 2.05) is 0 Å². The van der Waals surface area contributed by atoms with Gasteiger partial charge in [0.15, 0.2) is 11.5 Å². The van der Waals surface area contributed by atoms with Crippen LogP contribution in [0, 0.1) is 5.82 Å². The van der Waals surface area contributed by atoms with Crippen molar-refractivity contribution in [3.05, 3.63) is 76.2 Å². The molecule has 3 N–H and O–H groups in total. The van der Waals surface area contributed by atoms with Gasteiger partial charge in [-0.05, 0) is 87.7 Å². The third kappa shape index (κ3) is 6.33. The molecular weight excluding hydrogens is 550 g/mol. The number of aromatic nitrogens is 1. The number of alkyl halides is 3. The van der Waals surface area contributed by atoms with Gasteiger partial charge in [0.1, 0.15) is 11.2 Å². The number of hydrogen-bond donors (Lipinski definition) is 2. The van der Waals surface area contributed by atoms with Crippen molar-refractivity contribution in [3.63, 3.8) is 0 Å². The van der Waals surface area contributed by atoms with E-state index in [4.69, 9.17) is 26.8 Å². The maximum atomic E-state index is 14.7. The molecule has 6 nitrogen and oxygen atoms in total. The van der Waals surface area contributed by atoms with E-state index in [2.05, 4.69) is 10.3 Å². The van der Waals surface area contributed by atoms with Crippen molar-refractivity contribution in [2.75, 3.05) is 13.7 Å². The number of methoxy groups -OCH3 is 1. The number of halogens is 5. The van der Waals surface area contributed by atoms with Gasteiger partial charge >= 0.3 is 6.18 Å². The van der Waals surface area contributed by atoms with E-state index in [0.29, 0.717) is 22.6 Å². The zero-order chi connectivity index (χ0) is 29.5. The van der Waals surface area contributed by atoms with E-state index in [9.17, 15) is 22.4 Å². The van der Waals surface area contributed by atoms with Gasteiger partial charge < -0.3 is 20.5 Å². The topological polar surface area (TPSA) is 86.5 Å². The summed E-state index contributed by atoms with van der Waals surface area (Å²) in [6.07, 6.45) is -2.87. The third-order valence-electron chi connectivity index (χ3n) is 6.82. The summed E-state index contributed by atoms with van der Waals surface area (Å²) in [6, 6.07) is 11.0. The Bertz CT molecular complexity index is 1420. The summed E-state index contributed by atoms with van der Waals surface area (Å²) < 4.78 is 68.9. The van der Waals surface area contributed by atoms with Gasteiger partial charge in [-0.2, -0.15) is 13.2 Å². The van der Waals surface area contributed by atoms with E-state index in [-0.39, 0.29) is 28.1 Å². The van der Waals surface area contributed by atoms with Crippen LogP contribution in [0.3, 0.4) is 0 Å². The molecule has 1 unspecified atom stereocenters. The predicted octanol–water partition coefficient (Wildman–Crippen LogP) is 6.53. The Morgan fingerprint density at radius 2 is 1.77 bits per heavy atom. The number of ether oxygens (including phenoxy) is 2. The fourth-order valence-electron chi connectivity index (χ4n) is 3.96. The van der Waals surface area contributed by atoms with Crippen LogP contribution in [-0.2, 0) is 11.0 Å². The highest BCUT2D eigenvalue weighted by molar-refractivity contribution is 6.31. The summed E-state index contributed by atoms with van der Waals surface area (Å²) in [6.45, 7) is 3.43. The van der Waals surface area contributed by atoms with Gasteiger partial charge in [-0.25, -0.2) is 4.39 Å². The SMILES string of the molecule is COc1cc(C(=O)NCC(C)(c2cc(C(C)(C)N)cc(-c3ccc(F)c(Cl)c3)n2)C(F)(F)F)ccc1OC1CC1. The lowest BCUT2D eigenvalue weighted by Gasteiger charge is -2.33. The maximum Gasteiger partial charge on any atom is 0.401 e. The highest BCUT2D eigenvalue weighted by Gasteiger charge is 2.54. The van der Waals surface area contributed by atoms with Crippen LogP contribution in [0.5, 0.6) is 11.5 Å². The molecule has 0 radical (unpaired) electrons. The first kappa shape index (κ1) is 29.6. The van der Waals surface area contributed by atoms with Crippen LogP contribution in [0.2, 0.25) is 5.02 Å². The number of rotatable bonds is 9. The van der Waals surface area contributed by atoms with Crippen LogP contribution in [-0.4, -0.2) is 36.8 Å². The molecule has 0 bridgehead atoms. The lowest BCUT2D eigenvalue weighted by atomic mass is 9.82. The van der Waals surface area contributed by atoms with Crippen LogP contribution in [0.1, 0.15) is 55.2 Å². The Kier molecular flexibility index (Phi) is 8.06.